The van der Waals surface area contributed by atoms with E-state index in [-0.39, 0.29) is 30.2 Å². The number of aliphatic hydroxyl groups excluding tert-OH is 1. The van der Waals surface area contributed by atoms with Gasteiger partial charge in [0.2, 0.25) is 5.91 Å². The van der Waals surface area contributed by atoms with E-state index < -0.39 is 6.10 Å². The fourth-order valence-corrected chi connectivity index (χ4v) is 3.88. The van der Waals surface area contributed by atoms with Crippen LogP contribution in [0.4, 0.5) is 4.39 Å². The minimum absolute atomic E-state index is 0.148. The van der Waals surface area contributed by atoms with Gasteiger partial charge in [-0.2, -0.15) is 0 Å². The number of benzene rings is 1. The zero-order valence-electron chi connectivity index (χ0n) is 13.4. The van der Waals surface area contributed by atoms with E-state index in [0.717, 1.165) is 32.4 Å². The number of hydrogen-bond donors (Lipinski definition) is 2. The average molecular weight is 320 g/mol. The van der Waals surface area contributed by atoms with E-state index in [4.69, 9.17) is 0 Å². The highest BCUT2D eigenvalue weighted by Gasteiger charge is 2.36. The largest absolute Gasteiger partial charge is 0.389 e. The van der Waals surface area contributed by atoms with Crippen LogP contribution in [0, 0.1) is 5.82 Å². The molecular formula is C18H25FN2O2. The molecule has 23 heavy (non-hydrogen) atoms. The van der Waals surface area contributed by atoms with Crippen LogP contribution in [0.1, 0.15) is 37.7 Å². The van der Waals surface area contributed by atoms with Gasteiger partial charge in [-0.05, 0) is 62.9 Å². The molecule has 0 bridgehead atoms. The van der Waals surface area contributed by atoms with Crippen molar-refractivity contribution in [3.05, 3.63) is 35.6 Å². The van der Waals surface area contributed by atoms with Gasteiger partial charge >= 0.3 is 0 Å². The first-order chi connectivity index (χ1) is 11.1. The molecular weight excluding hydrogens is 295 g/mol. The fraction of sp³-hybridized carbons (Fsp3) is 0.611. The summed E-state index contributed by atoms with van der Waals surface area (Å²) in [4.78, 5) is 14.6. The molecule has 1 aliphatic carbocycles. The number of likely N-dealkylation sites (tertiary alicyclic amines) is 1. The van der Waals surface area contributed by atoms with Gasteiger partial charge in [-0.25, -0.2) is 4.39 Å². The van der Waals surface area contributed by atoms with Gasteiger partial charge in [0.25, 0.3) is 0 Å². The predicted molar refractivity (Wildman–Crippen MR) is 86.5 cm³/mol. The zero-order chi connectivity index (χ0) is 16.2. The third-order valence-electron chi connectivity index (χ3n) is 5.03. The minimum atomic E-state index is -0.515. The van der Waals surface area contributed by atoms with E-state index >= 15 is 0 Å². The summed E-state index contributed by atoms with van der Waals surface area (Å²) in [7, 11) is 0. The van der Waals surface area contributed by atoms with Crippen molar-refractivity contribution in [1.82, 2.24) is 10.2 Å². The summed E-state index contributed by atoms with van der Waals surface area (Å²) in [6.45, 7) is 2.09. The Labute approximate surface area is 136 Å². The highest BCUT2D eigenvalue weighted by molar-refractivity contribution is 5.78. The number of carbonyl (C=O) groups is 1. The van der Waals surface area contributed by atoms with Crippen LogP contribution in [0.5, 0.6) is 0 Å². The minimum Gasteiger partial charge on any atom is -0.389 e. The first-order valence-corrected chi connectivity index (χ1v) is 8.59. The lowest BCUT2D eigenvalue weighted by molar-refractivity contribution is -0.123. The Morgan fingerprint density at radius 2 is 2.04 bits per heavy atom. The number of amides is 1. The van der Waals surface area contributed by atoms with Crippen LogP contribution >= 0.6 is 0 Å². The summed E-state index contributed by atoms with van der Waals surface area (Å²) in [6.07, 6.45) is 4.84. The standard InChI is InChI=1S/C18H25FN2O2/c19-14-6-3-5-13(11-14)12-17(22)20-15-7-4-8-16(18(15)23)21-9-1-2-10-21/h3,5-6,11,15-16,18,23H,1-2,4,7-10,12H2,(H,20,22)/t15-,16-,18-/m1/s1. The van der Waals surface area contributed by atoms with Crippen LogP contribution in [0.2, 0.25) is 0 Å². The SMILES string of the molecule is O=C(Cc1cccc(F)c1)N[C@@H]1CCC[C@@H](N2CCCC2)[C@@H]1O. The average Bonchev–Trinajstić information content (AvgIpc) is 3.03. The Morgan fingerprint density at radius 3 is 2.78 bits per heavy atom. The molecule has 0 spiro atoms. The van der Waals surface area contributed by atoms with Crippen molar-refractivity contribution >= 4 is 5.91 Å². The van der Waals surface area contributed by atoms with Crippen LogP contribution < -0.4 is 5.32 Å². The maximum absolute atomic E-state index is 13.2. The lowest BCUT2D eigenvalue weighted by Crippen LogP contribution is -2.56. The number of nitrogens with zero attached hydrogens (tertiary/aromatic N) is 1. The number of aliphatic hydroxyl groups is 1. The molecule has 2 fully saturated rings. The molecule has 1 heterocycles. The third-order valence-corrected chi connectivity index (χ3v) is 5.03. The number of nitrogens with one attached hydrogen (secondary N) is 1. The van der Waals surface area contributed by atoms with Crippen LogP contribution in [-0.2, 0) is 11.2 Å². The molecule has 0 aromatic heterocycles. The van der Waals surface area contributed by atoms with E-state index in [1.807, 2.05) is 0 Å². The molecule has 2 aliphatic rings. The molecule has 1 saturated heterocycles. The summed E-state index contributed by atoms with van der Waals surface area (Å²) in [5.74, 6) is -0.483. The van der Waals surface area contributed by atoms with Gasteiger partial charge in [-0.1, -0.05) is 12.1 Å². The molecule has 126 valence electrons. The number of hydrogen-bond acceptors (Lipinski definition) is 3. The van der Waals surface area contributed by atoms with E-state index in [2.05, 4.69) is 10.2 Å². The molecule has 1 aromatic rings. The zero-order valence-corrected chi connectivity index (χ0v) is 13.4. The first kappa shape index (κ1) is 16.4. The van der Waals surface area contributed by atoms with Crippen molar-refractivity contribution in [3.8, 4) is 0 Å². The van der Waals surface area contributed by atoms with Gasteiger partial charge in [0.05, 0.1) is 18.6 Å². The molecule has 1 saturated carbocycles. The summed E-state index contributed by atoms with van der Waals surface area (Å²) in [5, 5.41) is 13.6. The highest BCUT2D eigenvalue weighted by atomic mass is 19.1. The van der Waals surface area contributed by atoms with Gasteiger partial charge in [-0.3, -0.25) is 9.69 Å². The number of halogens is 1. The molecule has 1 aliphatic heterocycles. The fourth-order valence-electron chi connectivity index (χ4n) is 3.88. The van der Waals surface area contributed by atoms with Crippen molar-refractivity contribution in [2.24, 2.45) is 0 Å². The smallest absolute Gasteiger partial charge is 0.224 e. The van der Waals surface area contributed by atoms with Crippen LogP contribution in [0.3, 0.4) is 0 Å². The van der Waals surface area contributed by atoms with Crippen LogP contribution in [-0.4, -0.2) is 47.2 Å². The second-order valence-corrected chi connectivity index (χ2v) is 6.71. The second kappa shape index (κ2) is 7.41. The summed E-state index contributed by atoms with van der Waals surface area (Å²) in [5.41, 5.74) is 0.656. The van der Waals surface area contributed by atoms with Gasteiger partial charge in [-0.15, -0.1) is 0 Å². The normalized spacial score (nSPS) is 28.7. The Bertz CT molecular complexity index is 546. The number of carbonyl (C=O) groups excluding carboxylic acids is 1. The van der Waals surface area contributed by atoms with E-state index in [1.165, 1.54) is 25.0 Å². The second-order valence-electron chi connectivity index (χ2n) is 6.71. The first-order valence-electron chi connectivity index (χ1n) is 8.59. The van der Waals surface area contributed by atoms with Gasteiger partial charge in [0.15, 0.2) is 0 Å². The van der Waals surface area contributed by atoms with Gasteiger partial charge in [0.1, 0.15) is 5.82 Å². The maximum atomic E-state index is 13.2. The van der Waals surface area contributed by atoms with Crippen LogP contribution in [0.15, 0.2) is 24.3 Å². The predicted octanol–water partition coefficient (Wildman–Crippen LogP) is 1.86. The molecule has 1 aromatic carbocycles. The summed E-state index contributed by atoms with van der Waals surface area (Å²) < 4.78 is 13.2. The lowest BCUT2D eigenvalue weighted by atomic mass is 9.87. The Hall–Kier alpha value is -1.46. The lowest BCUT2D eigenvalue weighted by Gasteiger charge is -2.40. The van der Waals surface area contributed by atoms with Gasteiger partial charge in [0, 0.05) is 6.04 Å². The van der Waals surface area contributed by atoms with Crippen molar-refractivity contribution in [2.75, 3.05) is 13.1 Å². The van der Waals surface area contributed by atoms with E-state index in [1.54, 1.807) is 12.1 Å². The molecule has 3 rings (SSSR count). The van der Waals surface area contributed by atoms with Crippen molar-refractivity contribution < 1.29 is 14.3 Å². The monoisotopic (exact) mass is 320 g/mol. The van der Waals surface area contributed by atoms with Gasteiger partial charge < -0.3 is 10.4 Å². The summed E-state index contributed by atoms with van der Waals surface area (Å²) in [6, 6.07) is 6.06. The topological polar surface area (TPSA) is 52.6 Å². The van der Waals surface area contributed by atoms with Crippen molar-refractivity contribution in [2.45, 2.75) is 56.7 Å². The third kappa shape index (κ3) is 4.09. The molecule has 0 radical (unpaired) electrons. The molecule has 2 N–H and O–H groups in total. The maximum Gasteiger partial charge on any atom is 0.224 e. The summed E-state index contributed by atoms with van der Waals surface area (Å²) >= 11 is 0. The van der Waals surface area contributed by atoms with Crippen molar-refractivity contribution in [3.63, 3.8) is 0 Å². The van der Waals surface area contributed by atoms with E-state index in [9.17, 15) is 14.3 Å². The van der Waals surface area contributed by atoms with Crippen molar-refractivity contribution in [1.29, 1.82) is 0 Å². The highest BCUT2D eigenvalue weighted by Crippen LogP contribution is 2.26. The Balaban J connectivity index is 1.56. The Morgan fingerprint density at radius 1 is 1.26 bits per heavy atom. The molecule has 5 heteroatoms. The molecule has 3 atom stereocenters. The van der Waals surface area contributed by atoms with Crippen LogP contribution in [0.25, 0.3) is 0 Å². The molecule has 1 amide bonds. The number of rotatable bonds is 4. The Kier molecular flexibility index (Phi) is 5.28. The molecule has 0 unspecified atom stereocenters. The van der Waals surface area contributed by atoms with E-state index in [0.29, 0.717) is 5.56 Å². The quantitative estimate of drug-likeness (QED) is 0.890. The molecule has 4 nitrogen and oxygen atoms in total.